The number of hydrogen-bond donors (Lipinski definition) is 1. The fourth-order valence-electron chi connectivity index (χ4n) is 1.28. The maximum Gasteiger partial charge on any atom is 0.0679 e. The van der Waals surface area contributed by atoms with E-state index >= 15 is 0 Å². The van der Waals surface area contributed by atoms with E-state index in [9.17, 15) is 0 Å². The normalized spacial score (nSPS) is 10.9. The van der Waals surface area contributed by atoms with Crippen molar-refractivity contribution in [3.05, 3.63) is 35.3 Å². The second-order valence-electron chi connectivity index (χ2n) is 2.91. The molecule has 2 N–H and O–H groups in total. The molecular weight excluding hydrogens is 160 g/mol. The van der Waals surface area contributed by atoms with Gasteiger partial charge < -0.3 is 5.73 Å². The minimum absolute atomic E-state index is 0.968. The molecular formula is C11H16N2. The van der Waals surface area contributed by atoms with Crippen molar-refractivity contribution in [2.45, 2.75) is 26.7 Å². The van der Waals surface area contributed by atoms with Crippen LogP contribution >= 0.6 is 0 Å². The molecule has 1 rings (SSSR count). The predicted octanol–water partition coefficient (Wildman–Crippen LogP) is 2.14. The molecule has 0 aliphatic rings. The van der Waals surface area contributed by atoms with E-state index in [1.807, 2.05) is 6.08 Å². The molecule has 0 radical (unpaired) electrons. The van der Waals surface area contributed by atoms with Crippen LogP contribution in [-0.2, 0) is 12.8 Å². The highest BCUT2D eigenvalue weighted by molar-refractivity contribution is 5.49. The lowest BCUT2D eigenvalue weighted by molar-refractivity contribution is 0.994. The Morgan fingerprint density at radius 3 is 2.62 bits per heavy atom. The Hall–Kier alpha value is -1.31. The molecule has 1 heterocycles. The predicted molar refractivity (Wildman–Crippen MR) is 56.2 cm³/mol. The lowest BCUT2D eigenvalue weighted by Gasteiger charge is -2.04. The van der Waals surface area contributed by atoms with Gasteiger partial charge in [-0.3, -0.25) is 4.98 Å². The third kappa shape index (κ3) is 2.31. The quantitative estimate of drug-likeness (QED) is 0.766. The lowest BCUT2D eigenvalue weighted by Crippen LogP contribution is -1.96. The number of rotatable bonds is 3. The van der Waals surface area contributed by atoms with Crippen LogP contribution in [0, 0.1) is 0 Å². The van der Waals surface area contributed by atoms with Crippen LogP contribution in [0.1, 0.15) is 30.8 Å². The number of hydrogen-bond acceptors (Lipinski definition) is 2. The van der Waals surface area contributed by atoms with Crippen LogP contribution in [-0.4, -0.2) is 4.98 Å². The summed E-state index contributed by atoms with van der Waals surface area (Å²) in [6.45, 7) is 4.22. The standard InChI is InChI=1S/C11H16N2/c1-3-9-5-6-10(4-2)13-11(9)7-8-12/h5-8H,3-4,12H2,1-2H3/b8-7-. The summed E-state index contributed by atoms with van der Waals surface area (Å²) in [7, 11) is 0. The smallest absolute Gasteiger partial charge is 0.0679 e. The van der Waals surface area contributed by atoms with Gasteiger partial charge in [0, 0.05) is 5.69 Å². The van der Waals surface area contributed by atoms with Gasteiger partial charge in [-0.1, -0.05) is 19.9 Å². The summed E-state index contributed by atoms with van der Waals surface area (Å²) in [6.07, 6.45) is 5.37. The Balaban J connectivity index is 3.09. The van der Waals surface area contributed by atoms with Crippen molar-refractivity contribution in [3.63, 3.8) is 0 Å². The Bertz CT molecular complexity index is 303. The van der Waals surface area contributed by atoms with Crippen molar-refractivity contribution in [1.29, 1.82) is 0 Å². The van der Waals surface area contributed by atoms with Crippen LogP contribution in [0.5, 0.6) is 0 Å². The number of aromatic nitrogens is 1. The highest BCUT2D eigenvalue weighted by atomic mass is 14.7. The van der Waals surface area contributed by atoms with Crippen LogP contribution in [0.2, 0.25) is 0 Å². The van der Waals surface area contributed by atoms with Crippen molar-refractivity contribution in [2.24, 2.45) is 5.73 Å². The molecule has 0 aliphatic carbocycles. The first-order valence-corrected chi connectivity index (χ1v) is 4.68. The average Bonchev–Trinajstić information content (AvgIpc) is 2.18. The van der Waals surface area contributed by atoms with Gasteiger partial charge >= 0.3 is 0 Å². The van der Waals surface area contributed by atoms with Crippen molar-refractivity contribution >= 4 is 6.08 Å². The van der Waals surface area contributed by atoms with E-state index in [-0.39, 0.29) is 0 Å². The summed E-state index contributed by atoms with van der Waals surface area (Å²) in [5, 5.41) is 0. The van der Waals surface area contributed by atoms with Gasteiger partial charge in [0.15, 0.2) is 0 Å². The van der Waals surface area contributed by atoms with E-state index in [0.717, 1.165) is 24.2 Å². The molecule has 1 aromatic rings. The fraction of sp³-hybridized carbons (Fsp3) is 0.364. The maximum absolute atomic E-state index is 5.36. The second-order valence-corrected chi connectivity index (χ2v) is 2.91. The molecule has 0 unspecified atom stereocenters. The van der Waals surface area contributed by atoms with Gasteiger partial charge in [-0.25, -0.2) is 0 Å². The molecule has 0 saturated heterocycles. The van der Waals surface area contributed by atoms with Crippen LogP contribution in [0.4, 0.5) is 0 Å². The summed E-state index contributed by atoms with van der Waals surface area (Å²) >= 11 is 0. The SMILES string of the molecule is CCc1ccc(CC)c(/C=C\N)n1. The molecule has 0 aromatic carbocycles. The Kier molecular flexibility index (Phi) is 3.50. The van der Waals surface area contributed by atoms with Crippen LogP contribution in [0.15, 0.2) is 18.3 Å². The third-order valence-corrected chi connectivity index (χ3v) is 2.07. The number of pyridine rings is 1. The van der Waals surface area contributed by atoms with E-state index in [1.165, 1.54) is 5.56 Å². The van der Waals surface area contributed by atoms with Crippen LogP contribution in [0.3, 0.4) is 0 Å². The number of nitrogens with zero attached hydrogens (tertiary/aromatic N) is 1. The highest BCUT2D eigenvalue weighted by Crippen LogP contribution is 2.10. The van der Waals surface area contributed by atoms with Gasteiger partial charge in [-0.05, 0) is 36.7 Å². The Labute approximate surface area is 79.5 Å². The van der Waals surface area contributed by atoms with E-state index < -0.39 is 0 Å². The summed E-state index contributed by atoms with van der Waals surface area (Å²) in [6, 6.07) is 4.20. The summed E-state index contributed by atoms with van der Waals surface area (Å²) in [4.78, 5) is 4.48. The molecule has 2 nitrogen and oxygen atoms in total. The zero-order chi connectivity index (χ0) is 9.68. The fourth-order valence-corrected chi connectivity index (χ4v) is 1.28. The monoisotopic (exact) mass is 176 g/mol. The van der Waals surface area contributed by atoms with Gasteiger partial charge in [-0.15, -0.1) is 0 Å². The van der Waals surface area contributed by atoms with Crippen LogP contribution in [0.25, 0.3) is 6.08 Å². The first kappa shape index (κ1) is 9.78. The van der Waals surface area contributed by atoms with Crippen molar-refractivity contribution in [2.75, 3.05) is 0 Å². The number of nitrogens with two attached hydrogens (primary N) is 1. The van der Waals surface area contributed by atoms with E-state index in [0.29, 0.717) is 0 Å². The average molecular weight is 176 g/mol. The summed E-state index contributed by atoms with van der Waals surface area (Å²) < 4.78 is 0. The molecule has 1 aromatic heterocycles. The zero-order valence-electron chi connectivity index (χ0n) is 8.25. The van der Waals surface area contributed by atoms with Crippen LogP contribution < -0.4 is 5.73 Å². The number of aryl methyl sites for hydroxylation is 2. The van der Waals surface area contributed by atoms with Crippen molar-refractivity contribution in [3.8, 4) is 0 Å². The van der Waals surface area contributed by atoms with Gasteiger partial charge in [-0.2, -0.15) is 0 Å². The van der Waals surface area contributed by atoms with E-state index in [2.05, 4.69) is 31.0 Å². The molecule has 0 spiro atoms. The molecule has 0 saturated carbocycles. The summed E-state index contributed by atoms with van der Waals surface area (Å²) in [5.41, 5.74) is 8.72. The molecule has 0 aliphatic heterocycles. The summed E-state index contributed by atoms with van der Waals surface area (Å²) in [5.74, 6) is 0. The Morgan fingerprint density at radius 2 is 2.08 bits per heavy atom. The molecule has 0 fully saturated rings. The molecule has 0 atom stereocenters. The van der Waals surface area contributed by atoms with Gasteiger partial charge in [0.1, 0.15) is 0 Å². The van der Waals surface area contributed by atoms with Gasteiger partial charge in [0.2, 0.25) is 0 Å². The minimum Gasteiger partial charge on any atom is -0.405 e. The van der Waals surface area contributed by atoms with E-state index in [1.54, 1.807) is 6.20 Å². The van der Waals surface area contributed by atoms with Gasteiger partial charge in [0.25, 0.3) is 0 Å². The largest absolute Gasteiger partial charge is 0.405 e. The molecule has 0 bridgehead atoms. The maximum atomic E-state index is 5.36. The second kappa shape index (κ2) is 4.65. The first-order valence-electron chi connectivity index (χ1n) is 4.68. The van der Waals surface area contributed by atoms with Gasteiger partial charge in [0.05, 0.1) is 5.69 Å². The molecule has 13 heavy (non-hydrogen) atoms. The van der Waals surface area contributed by atoms with Crippen molar-refractivity contribution in [1.82, 2.24) is 4.98 Å². The molecule has 2 heteroatoms. The minimum atomic E-state index is 0.968. The Morgan fingerprint density at radius 1 is 1.31 bits per heavy atom. The molecule has 70 valence electrons. The van der Waals surface area contributed by atoms with Crippen molar-refractivity contribution < 1.29 is 0 Å². The first-order chi connectivity index (χ1) is 6.31. The highest BCUT2D eigenvalue weighted by Gasteiger charge is 1.99. The molecule has 0 amide bonds. The third-order valence-electron chi connectivity index (χ3n) is 2.07. The topological polar surface area (TPSA) is 38.9 Å². The lowest BCUT2D eigenvalue weighted by atomic mass is 10.1. The zero-order valence-corrected chi connectivity index (χ0v) is 8.25. The van der Waals surface area contributed by atoms with E-state index in [4.69, 9.17) is 5.73 Å².